The molecule has 1 saturated heterocycles. The number of allylic oxidation sites excluding steroid dienone is 1. The number of nitrogens with one attached hydrogen (secondary N) is 2. The molecule has 1 aliphatic heterocycles. The zero-order chi connectivity index (χ0) is 23.1. The Morgan fingerprint density at radius 3 is 2.85 bits per heavy atom. The Labute approximate surface area is 194 Å². The smallest absolute Gasteiger partial charge is 0.233 e. The number of rotatable bonds is 6. The quantitative estimate of drug-likeness (QED) is 0.512. The van der Waals surface area contributed by atoms with E-state index in [-0.39, 0.29) is 12.3 Å². The van der Waals surface area contributed by atoms with Crippen LogP contribution in [0.2, 0.25) is 5.02 Å². The van der Waals surface area contributed by atoms with Crippen LogP contribution in [0.15, 0.2) is 48.3 Å². The number of amides is 1. The number of hydrogen-bond donors (Lipinski definition) is 3. The molecule has 1 saturated carbocycles. The predicted molar refractivity (Wildman–Crippen MR) is 125 cm³/mol. The second-order valence-corrected chi connectivity index (χ2v) is 8.38. The van der Waals surface area contributed by atoms with Crippen LogP contribution in [-0.4, -0.2) is 43.3 Å². The zero-order valence-electron chi connectivity index (χ0n) is 17.5. The van der Waals surface area contributed by atoms with Crippen LogP contribution in [0, 0.1) is 11.3 Å². The van der Waals surface area contributed by atoms with Crippen LogP contribution in [0.25, 0.3) is 11.7 Å². The van der Waals surface area contributed by atoms with Crippen LogP contribution in [-0.2, 0) is 4.79 Å². The summed E-state index contributed by atoms with van der Waals surface area (Å²) in [6.45, 7) is 3.52. The van der Waals surface area contributed by atoms with Gasteiger partial charge in [0.15, 0.2) is 5.65 Å². The minimum atomic E-state index is -0.406. The molecule has 10 heteroatoms. The Balaban J connectivity index is 1.56. The Morgan fingerprint density at radius 1 is 1.36 bits per heavy atom. The predicted octanol–water partition coefficient (Wildman–Crippen LogP) is 3.65. The highest BCUT2D eigenvalue weighted by atomic mass is 35.5. The fourth-order valence-corrected chi connectivity index (χ4v) is 3.91. The molecule has 0 atom stereocenters. The van der Waals surface area contributed by atoms with Gasteiger partial charge < -0.3 is 15.7 Å². The van der Waals surface area contributed by atoms with Gasteiger partial charge >= 0.3 is 0 Å². The molecule has 1 aliphatic carbocycles. The highest BCUT2D eigenvalue weighted by molar-refractivity contribution is 6.33. The summed E-state index contributed by atoms with van der Waals surface area (Å²) in [4.78, 5) is 18.1. The number of likely N-dealkylation sites (tertiary alicyclic amines) is 1. The Kier molecular flexibility index (Phi) is 5.24. The standard InChI is InChI=1S/C23H20ClN7O2/c1-13-15(8-22(33)30(13)12-32)7-16-11-26-31-21(27-17-3-4-17)9-20(29-23(16)31)28-19-5-2-14(10-25)6-18(19)24/h2,5-7,9,11,17,27,32H,1,3-4,8,12H2,(H,28,29)/b15-7+. The topological polar surface area (TPSA) is 119 Å². The number of benzene rings is 1. The first-order valence-electron chi connectivity index (χ1n) is 10.4. The van der Waals surface area contributed by atoms with Crippen molar-refractivity contribution >= 4 is 46.6 Å². The lowest BCUT2D eigenvalue weighted by Crippen LogP contribution is -2.23. The van der Waals surface area contributed by atoms with Crippen molar-refractivity contribution in [2.75, 3.05) is 17.4 Å². The van der Waals surface area contributed by atoms with E-state index in [0.29, 0.717) is 50.6 Å². The van der Waals surface area contributed by atoms with Crippen LogP contribution >= 0.6 is 11.6 Å². The Bertz CT molecular complexity index is 1370. The summed E-state index contributed by atoms with van der Waals surface area (Å²) in [6, 6.07) is 9.32. The van der Waals surface area contributed by atoms with Gasteiger partial charge in [-0.25, -0.2) is 4.98 Å². The van der Waals surface area contributed by atoms with E-state index >= 15 is 0 Å². The molecule has 5 rings (SSSR count). The third kappa shape index (κ3) is 4.02. The third-order valence-corrected chi connectivity index (χ3v) is 5.91. The van der Waals surface area contributed by atoms with Gasteiger partial charge in [-0.15, -0.1) is 0 Å². The molecule has 166 valence electrons. The summed E-state index contributed by atoms with van der Waals surface area (Å²) in [5.74, 6) is 1.13. The molecule has 3 aromatic rings. The monoisotopic (exact) mass is 461 g/mol. The molecule has 1 amide bonds. The number of nitriles is 1. The zero-order valence-corrected chi connectivity index (χ0v) is 18.3. The number of fused-ring (bicyclic) bond motifs is 1. The highest BCUT2D eigenvalue weighted by Gasteiger charge is 2.28. The second kappa shape index (κ2) is 8.24. The lowest BCUT2D eigenvalue weighted by atomic mass is 10.1. The number of halogens is 1. The molecule has 0 spiro atoms. The molecule has 3 heterocycles. The van der Waals surface area contributed by atoms with Crippen molar-refractivity contribution in [2.24, 2.45) is 0 Å². The summed E-state index contributed by atoms with van der Waals surface area (Å²) in [5.41, 5.74) is 3.57. The number of hydrogen-bond acceptors (Lipinski definition) is 7. The number of anilines is 3. The number of aromatic nitrogens is 3. The summed E-state index contributed by atoms with van der Waals surface area (Å²) >= 11 is 6.34. The lowest BCUT2D eigenvalue weighted by molar-refractivity contribution is -0.129. The van der Waals surface area contributed by atoms with Crippen LogP contribution in [0.4, 0.5) is 17.3 Å². The minimum Gasteiger partial charge on any atom is -0.376 e. The van der Waals surface area contributed by atoms with Gasteiger partial charge in [0, 0.05) is 23.4 Å². The summed E-state index contributed by atoms with van der Waals surface area (Å²) < 4.78 is 1.72. The van der Waals surface area contributed by atoms with Crippen molar-refractivity contribution < 1.29 is 9.90 Å². The average Bonchev–Trinajstić information content (AvgIpc) is 3.46. The average molecular weight is 462 g/mol. The van der Waals surface area contributed by atoms with E-state index in [1.807, 2.05) is 12.1 Å². The van der Waals surface area contributed by atoms with E-state index in [1.165, 1.54) is 4.90 Å². The van der Waals surface area contributed by atoms with Crippen molar-refractivity contribution in [3.63, 3.8) is 0 Å². The summed E-state index contributed by atoms with van der Waals surface area (Å²) in [5, 5.41) is 30.1. The first-order valence-corrected chi connectivity index (χ1v) is 10.8. The van der Waals surface area contributed by atoms with E-state index in [9.17, 15) is 9.90 Å². The van der Waals surface area contributed by atoms with Gasteiger partial charge in [0.2, 0.25) is 5.91 Å². The molecule has 9 nitrogen and oxygen atoms in total. The molecule has 0 bridgehead atoms. The minimum absolute atomic E-state index is 0.155. The molecule has 33 heavy (non-hydrogen) atoms. The Hall–Kier alpha value is -3.87. The summed E-state index contributed by atoms with van der Waals surface area (Å²) in [6.07, 6.45) is 5.84. The van der Waals surface area contributed by atoms with Gasteiger partial charge in [-0.3, -0.25) is 9.69 Å². The number of aliphatic hydroxyl groups is 1. The molecule has 3 N–H and O–H groups in total. The molecule has 0 unspecified atom stereocenters. The molecule has 2 aromatic heterocycles. The van der Waals surface area contributed by atoms with Crippen molar-refractivity contribution in [1.82, 2.24) is 19.5 Å². The number of nitrogens with zero attached hydrogens (tertiary/aromatic N) is 5. The maximum atomic E-state index is 12.1. The van der Waals surface area contributed by atoms with Crippen molar-refractivity contribution in [3.8, 4) is 6.07 Å². The van der Waals surface area contributed by atoms with Gasteiger partial charge in [-0.2, -0.15) is 14.9 Å². The second-order valence-electron chi connectivity index (χ2n) is 7.97. The summed E-state index contributed by atoms with van der Waals surface area (Å²) in [7, 11) is 0. The van der Waals surface area contributed by atoms with Crippen molar-refractivity contribution in [2.45, 2.75) is 25.3 Å². The maximum Gasteiger partial charge on any atom is 0.233 e. The van der Waals surface area contributed by atoms with E-state index in [4.69, 9.17) is 21.8 Å². The van der Waals surface area contributed by atoms with Crippen LogP contribution in [0.3, 0.4) is 0 Å². The number of carbonyl (C=O) groups is 1. The first kappa shape index (κ1) is 21.0. The van der Waals surface area contributed by atoms with Gasteiger partial charge in [0.1, 0.15) is 18.4 Å². The van der Waals surface area contributed by atoms with Crippen LogP contribution < -0.4 is 10.6 Å². The SMILES string of the molecule is C=C1/C(=C/c2cnn3c(NC4CC4)cc(Nc4ccc(C#N)cc4Cl)nc23)CC(=O)N1CO. The fourth-order valence-electron chi connectivity index (χ4n) is 3.68. The maximum absolute atomic E-state index is 12.1. The Morgan fingerprint density at radius 2 is 2.18 bits per heavy atom. The largest absolute Gasteiger partial charge is 0.376 e. The molecule has 2 fully saturated rings. The molecular weight excluding hydrogens is 442 g/mol. The first-order chi connectivity index (χ1) is 16.0. The van der Waals surface area contributed by atoms with E-state index in [2.05, 4.69) is 28.4 Å². The normalized spacial score (nSPS) is 17.1. The van der Waals surface area contributed by atoms with E-state index < -0.39 is 6.73 Å². The van der Waals surface area contributed by atoms with Gasteiger partial charge in [-0.1, -0.05) is 18.2 Å². The van der Waals surface area contributed by atoms with Gasteiger partial charge in [0.25, 0.3) is 0 Å². The molecular formula is C23H20ClN7O2. The lowest BCUT2D eigenvalue weighted by Gasteiger charge is -2.13. The van der Waals surface area contributed by atoms with Crippen LogP contribution in [0.5, 0.6) is 0 Å². The van der Waals surface area contributed by atoms with Gasteiger partial charge in [0.05, 0.1) is 35.0 Å². The molecule has 1 aromatic carbocycles. The van der Waals surface area contributed by atoms with Crippen molar-refractivity contribution in [3.05, 3.63) is 64.5 Å². The van der Waals surface area contributed by atoms with E-state index in [1.54, 1.807) is 28.9 Å². The highest BCUT2D eigenvalue weighted by Crippen LogP contribution is 2.32. The van der Waals surface area contributed by atoms with Crippen molar-refractivity contribution in [1.29, 1.82) is 5.26 Å². The van der Waals surface area contributed by atoms with E-state index in [0.717, 1.165) is 18.7 Å². The van der Waals surface area contributed by atoms with Gasteiger partial charge in [-0.05, 0) is 42.7 Å². The number of carbonyl (C=O) groups excluding carboxylic acids is 1. The molecule has 2 aliphatic rings. The van der Waals surface area contributed by atoms with Crippen LogP contribution in [0.1, 0.15) is 30.4 Å². The fraction of sp³-hybridized carbons (Fsp3) is 0.217. The molecule has 0 radical (unpaired) electrons. The third-order valence-electron chi connectivity index (χ3n) is 5.60. The number of aliphatic hydroxyl groups excluding tert-OH is 1.